The van der Waals surface area contributed by atoms with E-state index in [0.29, 0.717) is 17.2 Å². The van der Waals surface area contributed by atoms with E-state index in [-0.39, 0.29) is 24.8 Å². The van der Waals surface area contributed by atoms with Crippen molar-refractivity contribution in [2.45, 2.75) is 6.54 Å². The number of carbonyl (C=O) groups excluding carboxylic acids is 1. The quantitative estimate of drug-likeness (QED) is 0.709. The molecule has 1 aromatic heterocycles. The molecular formula is C20H16FN3O5. The molecule has 9 heteroatoms. The number of nitrogens with zero attached hydrogens (tertiary/aromatic N) is 2. The first kappa shape index (κ1) is 18.5. The number of methoxy groups -OCH3 is 1. The Morgan fingerprint density at radius 1 is 1.17 bits per heavy atom. The monoisotopic (exact) mass is 397 g/mol. The molecule has 2 heterocycles. The van der Waals surface area contributed by atoms with E-state index in [1.54, 1.807) is 18.2 Å². The molecule has 0 atom stereocenters. The lowest BCUT2D eigenvalue weighted by Gasteiger charge is -2.11. The molecule has 3 aromatic rings. The summed E-state index contributed by atoms with van der Waals surface area (Å²) in [6.07, 6.45) is 0. The minimum absolute atomic E-state index is 0.0385. The predicted molar refractivity (Wildman–Crippen MR) is 100 cm³/mol. The lowest BCUT2D eigenvalue weighted by molar-refractivity contribution is 0.0940. The summed E-state index contributed by atoms with van der Waals surface area (Å²) >= 11 is 0. The molecule has 0 spiro atoms. The van der Waals surface area contributed by atoms with Gasteiger partial charge in [-0.15, -0.1) is 0 Å². The Morgan fingerprint density at radius 3 is 2.69 bits per heavy atom. The third-order valence-electron chi connectivity index (χ3n) is 4.29. The smallest absolute Gasteiger partial charge is 0.275 e. The number of aromatic nitrogens is 2. The van der Waals surface area contributed by atoms with Crippen LogP contribution in [0, 0.1) is 5.82 Å². The van der Waals surface area contributed by atoms with Crippen LogP contribution in [-0.4, -0.2) is 29.6 Å². The Balaban J connectivity index is 1.59. The van der Waals surface area contributed by atoms with Crippen LogP contribution in [0.2, 0.25) is 0 Å². The highest BCUT2D eigenvalue weighted by Gasteiger charge is 2.19. The average Bonchev–Trinajstić information content (AvgIpc) is 3.20. The Labute approximate surface area is 164 Å². The van der Waals surface area contributed by atoms with Crippen LogP contribution in [0.15, 0.2) is 53.3 Å². The average molecular weight is 397 g/mol. The van der Waals surface area contributed by atoms with Crippen molar-refractivity contribution in [3.05, 3.63) is 76.0 Å². The molecule has 0 radical (unpaired) electrons. The lowest BCUT2D eigenvalue weighted by Crippen LogP contribution is -2.29. The summed E-state index contributed by atoms with van der Waals surface area (Å²) in [7, 11) is 1.34. The number of nitrogens with one attached hydrogen (secondary N) is 1. The molecule has 0 bridgehead atoms. The van der Waals surface area contributed by atoms with E-state index in [1.165, 1.54) is 31.4 Å². The van der Waals surface area contributed by atoms with Gasteiger partial charge in [0.1, 0.15) is 5.82 Å². The topological polar surface area (TPSA) is 91.7 Å². The SMILES string of the molecule is COc1cc(=O)n(-c2ccc(F)cc2)nc1C(=O)NCc1ccc2c(c1)OCO2. The molecule has 0 saturated heterocycles. The predicted octanol–water partition coefficient (Wildman–Crippen LogP) is 2.04. The van der Waals surface area contributed by atoms with E-state index in [9.17, 15) is 14.0 Å². The number of fused-ring (bicyclic) bond motifs is 1. The number of hydrogen-bond acceptors (Lipinski definition) is 6. The first-order chi connectivity index (χ1) is 14.0. The second-order valence-electron chi connectivity index (χ2n) is 6.16. The highest BCUT2D eigenvalue weighted by molar-refractivity contribution is 5.94. The molecule has 1 aliphatic heterocycles. The van der Waals surface area contributed by atoms with Gasteiger partial charge in [-0.05, 0) is 42.0 Å². The Hall–Kier alpha value is -3.88. The Kier molecular flexibility index (Phi) is 4.86. The lowest BCUT2D eigenvalue weighted by atomic mass is 10.2. The molecule has 8 nitrogen and oxygen atoms in total. The number of halogens is 1. The molecule has 1 aliphatic rings. The number of carbonyl (C=O) groups is 1. The van der Waals surface area contributed by atoms with Crippen LogP contribution in [0.4, 0.5) is 4.39 Å². The first-order valence-electron chi connectivity index (χ1n) is 8.66. The van der Waals surface area contributed by atoms with Crippen molar-refractivity contribution < 1.29 is 23.4 Å². The largest absolute Gasteiger partial charge is 0.494 e. The Morgan fingerprint density at radius 2 is 1.93 bits per heavy atom. The molecule has 1 amide bonds. The van der Waals surface area contributed by atoms with Gasteiger partial charge in [-0.3, -0.25) is 9.59 Å². The maximum absolute atomic E-state index is 13.2. The van der Waals surface area contributed by atoms with E-state index < -0.39 is 17.3 Å². The van der Waals surface area contributed by atoms with Crippen molar-refractivity contribution in [2.24, 2.45) is 0 Å². The number of ether oxygens (including phenoxy) is 3. The second-order valence-corrected chi connectivity index (χ2v) is 6.16. The molecule has 1 N–H and O–H groups in total. The molecule has 0 fully saturated rings. The minimum atomic E-state index is -0.532. The molecule has 0 aliphatic carbocycles. The number of hydrogen-bond donors (Lipinski definition) is 1. The van der Waals surface area contributed by atoms with Gasteiger partial charge in [-0.2, -0.15) is 9.78 Å². The maximum atomic E-state index is 13.2. The van der Waals surface area contributed by atoms with Crippen molar-refractivity contribution in [2.75, 3.05) is 13.9 Å². The summed E-state index contributed by atoms with van der Waals surface area (Å²) in [5.41, 5.74) is 0.537. The van der Waals surface area contributed by atoms with Gasteiger partial charge in [0, 0.05) is 6.54 Å². The molecule has 148 valence electrons. The van der Waals surface area contributed by atoms with Crippen LogP contribution >= 0.6 is 0 Å². The van der Waals surface area contributed by atoms with Gasteiger partial charge in [0.25, 0.3) is 11.5 Å². The van der Waals surface area contributed by atoms with Crippen LogP contribution in [0.3, 0.4) is 0 Å². The third-order valence-corrected chi connectivity index (χ3v) is 4.29. The Bertz CT molecular complexity index is 1130. The number of amides is 1. The van der Waals surface area contributed by atoms with Gasteiger partial charge < -0.3 is 19.5 Å². The van der Waals surface area contributed by atoms with Crippen LogP contribution < -0.4 is 25.1 Å². The van der Waals surface area contributed by atoms with Gasteiger partial charge in [-0.1, -0.05) is 6.07 Å². The van der Waals surface area contributed by atoms with Gasteiger partial charge in [0.2, 0.25) is 6.79 Å². The summed E-state index contributed by atoms with van der Waals surface area (Å²) in [4.78, 5) is 25.0. The molecule has 2 aromatic carbocycles. The standard InChI is InChI=1S/C20H16FN3O5/c1-27-17-9-18(25)24(14-5-3-13(21)4-6-14)23-19(17)20(26)22-10-12-2-7-15-16(8-12)29-11-28-15/h2-9H,10-11H2,1H3,(H,22,26). The van der Waals surface area contributed by atoms with Crippen LogP contribution in [0.25, 0.3) is 5.69 Å². The van der Waals surface area contributed by atoms with E-state index >= 15 is 0 Å². The van der Waals surface area contributed by atoms with E-state index in [0.717, 1.165) is 16.3 Å². The van der Waals surface area contributed by atoms with Crippen molar-refractivity contribution in [3.63, 3.8) is 0 Å². The highest BCUT2D eigenvalue weighted by Crippen LogP contribution is 2.32. The molecule has 29 heavy (non-hydrogen) atoms. The third kappa shape index (κ3) is 3.75. The summed E-state index contributed by atoms with van der Waals surface area (Å²) in [5, 5.41) is 6.85. The fourth-order valence-corrected chi connectivity index (χ4v) is 2.84. The van der Waals surface area contributed by atoms with Crippen molar-refractivity contribution in [1.82, 2.24) is 15.1 Å². The summed E-state index contributed by atoms with van der Waals surface area (Å²) < 4.78 is 29.9. The van der Waals surface area contributed by atoms with E-state index in [1.807, 2.05) is 0 Å². The van der Waals surface area contributed by atoms with Crippen LogP contribution in [0.5, 0.6) is 17.2 Å². The van der Waals surface area contributed by atoms with Gasteiger partial charge in [0.05, 0.1) is 18.9 Å². The van der Waals surface area contributed by atoms with Gasteiger partial charge >= 0.3 is 0 Å². The van der Waals surface area contributed by atoms with Crippen molar-refractivity contribution >= 4 is 5.91 Å². The molecule has 4 rings (SSSR count). The highest BCUT2D eigenvalue weighted by atomic mass is 19.1. The zero-order valence-electron chi connectivity index (χ0n) is 15.3. The van der Waals surface area contributed by atoms with Gasteiger partial charge in [-0.25, -0.2) is 4.39 Å². The van der Waals surface area contributed by atoms with Crippen LogP contribution in [0.1, 0.15) is 16.1 Å². The van der Waals surface area contributed by atoms with E-state index in [4.69, 9.17) is 14.2 Å². The van der Waals surface area contributed by atoms with Crippen molar-refractivity contribution in [1.29, 1.82) is 0 Å². The molecule has 0 unspecified atom stereocenters. The fourth-order valence-electron chi connectivity index (χ4n) is 2.84. The summed E-state index contributed by atoms with van der Waals surface area (Å²) in [6, 6.07) is 11.7. The molecular weight excluding hydrogens is 381 g/mol. The zero-order valence-corrected chi connectivity index (χ0v) is 15.3. The maximum Gasteiger partial charge on any atom is 0.275 e. The van der Waals surface area contributed by atoms with Gasteiger partial charge in [0.15, 0.2) is 22.9 Å². The first-order valence-corrected chi connectivity index (χ1v) is 8.66. The minimum Gasteiger partial charge on any atom is -0.494 e. The fraction of sp³-hybridized carbons (Fsp3) is 0.150. The summed E-state index contributed by atoms with van der Waals surface area (Å²) in [5.74, 6) is 0.316. The number of benzene rings is 2. The van der Waals surface area contributed by atoms with Crippen LogP contribution in [-0.2, 0) is 6.54 Å². The normalized spacial score (nSPS) is 11.9. The second kappa shape index (κ2) is 7.63. The summed E-state index contributed by atoms with van der Waals surface area (Å²) in [6.45, 7) is 0.368. The van der Waals surface area contributed by atoms with E-state index in [2.05, 4.69) is 10.4 Å². The zero-order chi connectivity index (χ0) is 20.4. The molecule has 0 saturated carbocycles. The van der Waals surface area contributed by atoms with Crippen molar-refractivity contribution in [3.8, 4) is 22.9 Å². The number of rotatable bonds is 5.